The molecule has 2 aromatic heterocycles. The summed E-state index contributed by atoms with van der Waals surface area (Å²) in [7, 11) is 1.80. The number of aryl methyl sites for hydroxylation is 1. The second-order valence-electron chi connectivity index (χ2n) is 6.91. The fourth-order valence-electron chi connectivity index (χ4n) is 3.54. The van der Waals surface area contributed by atoms with Gasteiger partial charge in [-0.05, 0) is 17.7 Å². The SMILES string of the molecule is Cn1cc(N2Cc3ccc(-c4nnc(C(F)F)o4)cc3C2=O)c(-c2ccccc2)n1. The number of nitrogens with zero attached hydrogens (tertiary/aromatic N) is 5. The largest absolute Gasteiger partial charge is 0.415 e. The predicted octanol–water partition coefficient (Wildman–Crippen LogP) is 4.24. The van der Waals surface area contributed by atoms with Gasteiger partial charge in [-0.2, -0.15) is 13.9 Å². The fraction of sp³-hybridized carbons (Fsp3) is 0.143. The van der Waals surface area contributed by atoms with Gasteiger partial charge in [0.1, 0.15) is 5.69 Å². The normalized spacial score (nSPS) is 13.3. The lowest BCUT2D eigenvalue weighted by Crippen LogP contribution is -2.23. The molecule has 1 amide bonds. The zero-order valence-electron chi connectivity index (χ0n) is 15.8. The van der Waals surface area contributed by atoms with E-state index in [4.69, 9.17) is 4.42 Å². The van der Waals surface area contributed by atoms with E-state index in [1.807, 2.05) is 30.3 Å². The number of carbonyl (C=O) groups is 1. The van der Waals surface area contributed by atoms with Crippen LogP contribution in [-0.2, 0) is 13.6 Å². The summed E-state index contributed by atoms with van der Waals surface area (Å²) in [6, 6.07) is 14.7. The van der Waals surface area contributed by atoms with E-state index in [9.17, 15) is 13.6 Å². The third-order valence-corrected chi connectivity index (χ3v) is 4.94. The number of hydrogen-bond donors (Lipinski definition) is 0. The van der Waals surface area contributed by atoms with Crippen LogP contribution in [0.4, 0.5) is 14.5 Å². The molecule has 0 aliphatic carbocycles. The minimum absolute atomic E-state index is 0.0503. The van der Waals surface area contributed by atoms with Gasteiger partial charge >= 0.3 is 6.43 Å². The monoisotopic (exact) mass is 407 g/mol. The Labute approximate surface area is 169 Å². The maximum absolute atomic E-state index is 13.2. The van der Waals surface area contributed by atoms with Crippen molar-refractivity contribution in [2.24, 2.45) is 7.05 Å². The van der Waals surface area contributed by atoms with Gasteiger partial charge in [-0.25, -0.2) is 0 Å². The zero-order chi connectivity index (χ0) is 20.8. The Morgan fingerprint density at radius 3 is 2.60 bits per heavy atom. The molecule has 0 fully saturated rings. The Morgan fingerprint density at radius 1 is 1.07 bits per heavy atom. The average molecular weight is 407 g/mol. The van der Waals surface area contributed by atoms with Crippen LogP contribution in [0.3, 0.4) is 0 Å². The van der Waals surface area contributed by atoms with Crippen LogP contribution >= 0.6 is 0 Å². The summed E-state index contributed by atoms with van der Waals surface area (Å²) >= 11 is 0. The molecule has 0 spiro atoms. The highest BCUT2D eigenvalue weighted by Gasteiger charge is 2.32. The summed E-state index contributed by atoms with van der Waals surface area (Å²) in [6.07, 6.45) is -1.04. The van der Waals surface area contributed by atoms with Crippen LogP contribution in [0.15, 0.2) is 59.1 Å². The van der Waals surface area contributed by atoms with E-state index in [0.29, 0.717) is 29.1 Å². The van der Waals surface area contributed by atoms with Crippen LogP contribution in [0.25, 0.3) is 22.7 Å². The predicted molar refractivity (Wildman–Crippen MR) is 104 cm³/mol. The van der Waals surface area contributed by atoms with E-state index in [1.54, 1.807) is 41.0 Å². The number of halogens is 2. The number of alkyl halides is 2. The molecule has 0 saturated carbocycles. The fourth-order valence-corrected chi connectivity index (χ4v) is 3.54. The highest BCUT2D eigenvalue weighted by Crippen LogP contribution is 2.36. The van der Waals surface area contributed by atoms with Crippen LogP contribution in [-0.4, -0.2) is 25.9 Å². The van der Waals surface area contributed by atoms with Gasteiger partial charge in [-0.15, -0.1) is 10.2 Å². The molecule has 1 aliphatic heterocycles. The number of amides is 1. The maximum Gasteiger partial charge on any atom is 0.314 e. The van der Waals surface area contributed by atoms with Gasteiger partial charge in [0.25, 0.3) is 11.8 Å². The average Bonchev–Trinajstić information content (AvgIpc) is 3.46. The third-order valence-electron chi connectivity index (χ3n) is 4.94. The first-order chi connectivity index (χ1) is 14.5. The van der Waals surface area contributed by atoms with E-state index in [1.165, 1.54) is 0 Å². The zero-order valence-corrected chi connectivity index (χ0v) is 15.8. The molecule has 0 bridgehead atoms. The summed E-state index contributed by atoms with van der Waals surface area (Å²) in [6.45, 7) is 0.381. The molecule has 0 radical (unpaired) electrons. The molecule has 0 N–H and O–H groups in total. The lowest BCUT2D eigenvalue weighted by molar-refractivity contribution is 0.0996. The highest BCUT2D eigenvalue weighted by atomic mass is 19.3. The molecule has 0 atom stereocenters. The second kappa shape index (κ2) is 6.87. The lowest BCUT2D eigenvalue weighted by Gasteiger charge is -2.15. The number of aromatic nitrogens is 4. The van der Waals surface area contributed by atoms with Gasteiger partial charge in [-0.3, -0.25) is 9.48 Å². The van der Waals surface area contributed by atoms with Crippen LogP contribution in [0, 0.1) is 0 Å². The molecular formula is C21H15F2N5O2. The Hall–Kier alpha value is -3.88. The van der Waals surface area contributed by atoms with Crippen molar-refractivity contribution in [1.82, 2.24) is 20.0 Å². The van der Waals surface area contributed by atoms with Gasteiger partial charge in [0, 0.05) is 29.9 Å². The number of benzene rings is 2. The van der Waals surface area contributed by atoms with Gasteiger partial charge in [0.15, 0.2) is 0 Å². The smallest absolute Gasteiger partial charge is 0.314 e. The molecule has 2 aromatic carbocycles. The summed E-state index contributed by atoms with van der Waals surface area (Å²) < 4.78 is 32.1. The van der Waals surface area contributed by atoms with Crippen LogP contribution < -0.4 is 4.90 Å². The summed E-state index contributed by atoms with van der Waals surface area (Å²) in [5.41, 5.74) is 4.01. The molecule has 7 nitrogen and oxygen atoms in total. The van der Waals surface area contributed by atoms with Crippen molar-refractivity contribution in [3.8, 4) is 22.7 Å². The maximum atomic E-state index is 13.2. The Balaban J connectivity index is 1.51. The number of rotatable bonds is 4. The summed E-state index contributed by atoms with van der Waals surface area (Å²) in [4.78, 5) is 14.8. The highest BCUT2D eigenvalue weighted by molar-refractivity contribution is 6.11. The first kappa shape index (κ1) is 18.2. The first-order valence-electron chi connectivity index (χ1n) is 9.17. The molecule has 5 rings (SSSR count). The van der Waals surface area contributed by atoms with Crippen molar-refractivity contribution in [3.63, 3.8) is 0 Å². The van der Waals surface area contributed by atoms with Crippen molar-refractivity contribution in [2.45, 2.75) is 13.0 Å². The van der Waals surface area contributed by atoms with Gasteiger partial charge in [0.05, 0.1) is 12.2 Å². The van der Waals surface area contributed by atoms with Gasteiger partial charge in [-0.1, -0.05) is 36.4 Å². The Kier molecular flexibility index (Phi) is 4.16. The second-order valence-corrected chi connectivity index (χ2v) is 6.91. The van der Waals surface area contributed by atoms with Crippen molar-refractivity contribution >= 4 is 11.6 Å². The molecule has 30 heavy (non-hydrogen) atoms. The van der Waals surface area contributed by atoms with E-state index in [-0.39, 0.29) is 11.8 Å². The third kappa shape index (κ3) is 2.95. The standard InChI is InChI=1S/C21H15F2N5O2/c1-27-11-16(17(26-27)12-5-3-2-4-6-12)28-10-14-8-7-13(9-15(14)21(28)29)19-24-25-20(30-19)18(22)23/h2-9,11,18H,10H2,1H3. The summed E-state index contributed by atoms with van der Waals surface area (Å²) in [5.74, 6) is -1.00. The van der Waals surface area contributed by atoms with Gasteiger partial charge in [0.2, 0.25) is 5.89 Å². The Morgan fingerprint density at radius 2 is 1.87 bits per heavy atom. The van der Waals surface area contributed by atoms with Crippen LogP contribution in [0.5, 0.6) is 0 Å². The summed E-state index contributed by atoms with van der Waals surface area (Å²) in [5, 5.41) is 11.5. The Bertz CT molecular complexity index is 1250. The molecule has 0 unspecified atom stereocenters. The van der Waals surface area contributed by atoms with Gasteiger partial charge < -0.3 is 9.32 Å². The molecule has 0 saturated heterocycles. The van der Waals surface area contributed by atoms with Crippen molar-refractivity contribution in [2.75, 3.05) is 4.90 Å². The molecule has 1 aliphatic rings. The number of hydrogen-bond acceptors (Lipinski definition) is 5. The minimum atomic E-state index is -2.85. The van der Waals surface area contributed by atoms with Crippen molar-refractivity contribution < 1.29 is 18.0 Å². The van der Waals surface area contributed by atoms with Crippen LogP contribution in [0.2, 0.25) is 0 Å². The minimum Gasteiger partial charge on any atom is -0.415 e. The lowest BCUT2D eigenvalue weighted by atomic mass is 10.1. The van der Waals surface area contributed by atoms with Crippen LogP contribution in [0.1, 0.15) is 28.2 Å². The van der Waals surface area contributed by atoms with Crippen molar-refractivity contribution in [1.29, 1.82) is 0 Å². The quantitative estimate of drug-likeness (QED) is 0.506. The van der Waals surface area contributed by atoms with E-state index in [0.717, 1.165) is 11.1 Å². The molecule has 150 valence electrons. The molecule has 3 heterocycles. The van der Waals surface area contributed by atoms with E-state index >= 15 is 0 Å². The van der Waals surface area contributed by atoms with E-state index in [2.05, 4.69) is 15.3 Å². The number of anilines is 1. The molecular weight excluding hydrogens is 392 g/mol. The topological polar surface area (TPSA) is 77.0 Å². The van der Waals surface area contributed by atoms with Crippen molar-refractivity contribution in [3.05, 3.63) is 71.7 Å². The molecule has 9 heteroatoms. The van der Waals surface area contributed by atoms with E-state index < -0.39 is 12.3 Å². The first-order valence-corrected chi connectivity index (χ1v) is 9.17. The number of fused-ring (bicyclic) bond motifs is 1. The molecule has 4 aromatic rings. The number of carbonyl (C=O) groups excluding carboxylic acids is 1.